The standard InChI is InChI=1S/C14H19Cl2N/c1-14(6-2-3-7-14)13(17)9-10-4-5-11(15)12(16)8-10/h4-5,8,13H,2-3,6-7,9,17H2,1H3. The molecule has 1 fully saturated rings. The fourth-order valence-corrected chi connectivity index (χ4v) is 3.04. The third-order valence-electron chi connectivity index (χ3n) is 4.08. The predicted octanol–water partition coefficient (Wildman–Crippen LogP) is 4.44. The van der Waals surface area contributed by atoms with E-state index >= 15 is 0 Å². The van der Waals surface area contributed by atoms with Crippen molar-refractivity contribution in [3.05, 3.63) is 33.8 Å². The molecule has 0 amide bonds. The summed E-state index contributed by atoms with van der Waals surface area (Å²) in [5.41, 5.74) is 7.84. The fourth-order valence-electron chi connectivity index (χ4n) is 2.72. The Hall–Kier alpha value is -0.240. The Morgan fingerprint density at radius 3 is 2.47 bits per heavy atom. The Labute approximate surface area is 113 Å². The minimum atomic E-state index is 0.210. The summed E-state index contributed by atoms with van der Waals surface area (Å²) in [6, 6.07) is 6.01. The Balaban J connectivity index is 2.07. The van der Waals surface area contributed by atoms with Crippen LogP contribution in [0.15, 0.2) is 18.2 Å². The van der Waals surface area contributed by atoms with Crippen molar-refractivity contribution < 1.29 is 0 Å². The highest BCUT2D eigenvalue weighted by molar-refractivity contribution is 6.42. The molecule has 94 valence electrons. The normalized spacial score (nSPS) is 20.5. The summed E-state index contributed by atoms with van der Waals surface area (Å²) in [6.07, 6.45) is 6.00. The Morgan fingerprint density at radius 2 is 1.88 bits per heavy atom. The molecule has 1 unspecified atom stereocenters. The zero-order chi connectivity index (χ0) is 12.5. The van der Waals surface area contributed by atoms with Crippen LogP contribution in [0.4, 0.5) is 0 Å². The monoisotopic (exact) mass is 271 g/mol. The Bertz CT molecular complexity index is 397. The molecule has 1 aromatic rings. The molecule has 1 atom stereocenters. The maximum Gasteiger partial charge on any atom is 0.0595 e. The van der Waals surface area contributed by atoms with Gasteiger partial charge in [0.1, 0.15) is 0 Å². The quantitative estimate of drug-likeness (QED) is 0.864. The summed E-state index contributed by atoms with van der Waals surface area (Å²) >= 11 is 11.9. The summed E-state index contributed by atoms with van der Waals surface area (Å²) in [6.45, 7) is 2.31. The molecule has 1 aliphatic carbocycles. The topological polar surface area (TPSA) is 26.0 Å². The molecule has 0 spiro atoms. The van der Waals surface area contributed by atoms with E-state index in [0.29, 0.717) is 15.5 Å². The molecule has 0 bridgehead atoms. The Morgan fingerprint density at radius 1 is 1.24 bits per heavy atom. The van der Waals surface area contributed by atoms with E-state index < -0.39 is 0 Å². The van der Waals surface area contributed by atoms with Gasteiger partial charge in [0.2, 0.25) is 0 Å². The van der Waals surface area contributed by atoms with E-state index in [2.05, 4.69) is 6.92 Å². The number of rotatable bonds is 3. The van der Waals surface area contributed by atoms with E-state index in [1.165, 1.54) is 31.2 Å². The molecule has 0 heterocycles. The number of nitrogens with two attached hydrogens (primary N) is 1. The number of hydrogen-bond acceptors (Lipinski definition) is 1. The maximum absolute atomic E-state index is 6.36. The lowest BCUT2D eigenvalue weighted by molar-refractivity contribution is 0.260. The molecule has 1 aromatic carbocycles. The van der Waals surface area contributed by atoms with E-state index in [0.717, 1.165) is 6.42 Å². The molecule has 0 aliphatic heterocycles. The summed E-state index contributed by atoms with van der Waals surface area (Å²) in [7, 11) is 0. The van der Waals surface area contributed by atoms with Gasteiger partial charge >= 0.3 is 0 Å². The van der Waals surface area contributed by atoms with Crippen molar-refractivity contribution in [2.24, 2.45) is 11.1 Å². The van der Waals surface area contributed by atoms with E-state index in [1.54, 1.807) is 0 Å². The van der Waals surface area contributed by atoms with Crippen LogP contribution < -0.4 is 5.73 Å². The van der Waals surface area contributed by atoms with Crippen LogP contribution in [0.2, 0.25) is 10.0 Å². The largest absolute Gasteiger partial charge is 0.327 e. The van der Waals surface area contributed by atoms with Crippen LogP contribution in [0.3, 0.4) is 0 Å². The minimum absolute atomic E-state index is 0.210. The van der Waals surface area contributed by atoms with Gasteiger partial charge in [-0.3, -0.25) is 0 Å². The maximum atomic E-state index is 6.36. The van der Waals surface area contributed by atoms with Gasteiger partial charge in [-0.2, -0.15) is 0 Å². The molecule has 1 aliphatic rings. The van der Waals surface area contributed by atoms with Gasteiger partial charge in [0.25, 0.3) is 0 Å². The highest BCUT2D eigenvalue weighted by Crippen LogP contribution is 2.40. The lowest BCUT2D eigenvalue weighted by atomic mass is 9.78. The molecule has 0 saturated heterocycles. The smallest absolute Gasteiger partial charge is 0.0595 e. The molecule has 0 radical (unpaired) electrons. The van der Waals surface area contributed by atoms with Gasteiger partial charge in [-0.25, -0.2) is 0 Å². The predicted molar refractivity (Wildman–Crippen MR) is 74.7 cm³/mol. The van der Waals surface area contributed by atoms with E-state index in [1.807, 2.05) is 18.2 Å². The second-order valence-corrected chi connectivity index (χ2v) is 6.23. The summed E-state index contributed by atoms with van der Waals surface area (Å²) in [5, 5.41) is 1.23. The van der Waals surface area contributed by atoms with Crippen LogP contribution >= 0.6 is 23.2 Å². The van der Waals surface area contributed by atoms with Crippen molar-refractivity contribution in [1.29, 1.82) is 0 Å². The first-order valence-corrected chi connectivity index (χ1v) is 6.96. The molecule has 17 heavy (non-hydrogen) atoms. The van der Waals surface area contributed by atoms with Crippen molar-refractivity contribution in [3.63, 3.8) is 0 Å². The number of hydrogen-bond donors (Lipinski definition) is 1. The van der Waals surface area contributed by atoms with Gasteiger partial charge in [-0.15, -0.1) is 0 Å². The molecule has 0 aromatic heterocycles. The van der Waals surface area contributed by atoms with Gasteiger partial charge in [0.05, 0.1) is 10.0 Å². The van der Waals surface area contributed by atoms with E-state index in [-0.39, 0.29) is 6.04 Å². The van der Waals surface area contributed by atoms with Crippen molar-refractivity contribution >= 4 is 23.2 Å². The van der Waals surface area contributed by atoms with Crippen LogP contribution in [0.5, 0.6) is 0 Å². The molecular weight excluding hydrogens is 253 g/mol. The van der Waals surface area contributed by atoms with Gasteiger partial charge in [-0.05, 0) is 42.4 Å². The minimum Gasteiger partial charge on any atom is -0.327 e. The second-order valence-electron chi connectivity index (χ2n) is 5.42. The third kappa shape index (κ3) is 2.96. The van der Waals surface area contributed by atoms with Crippen LogP contribution in [-0.4, -0.2) is 6.04 Å². The highest BCUT2D eigenvalue weighted by Gasteiger charge is 2.34. The fraction of sp³-hybridized carbons (Fsp3) is 0.571. The first kappa shape index (κ1) is 13.2. The first-order valence-electron chi connectivity index (χ1n) is 6.21. The number of halogens is 2. The van der Waals surface area contributed by atoms with Crippen LogP contribution in [0.25, 0.3) is 0 Å². The average molecular weight is 272 g/mol. The van der Waals surface area contributed by atoms with Crippen LogP contribution in [0.1, 0.15) is 38.2 Å². The molecule has 2 rings (SSSR count). The molecule has 3 heteroatoms. The van der Waals surface area contributed by atoms with Gasteiger partial charge in [0.15, 0.2) is 0 Å². The van der Waals surface area contributed by atoms with Crippen LogP contribution in [-0.2, 0) is 6.42 Å². The highest BCUT2D eigenvalue weighted by atomic mass is 35.5. The Kier molecular flexibility index (Phi) is 4.02. The van der Waals surface area contributed by atoms with Gasteiger partial charge in [0, 0.05) is 6.04 Å². The summed E-state index contributed by atoms with van der Waals surface area (Å²) in [4.78, 5) is 0. The number of benzene rings is 1. The summed E-state index contributed by atoms with van der Waals surface area (Å²) in [5.74, 6) is 0. The molecule has 2 N–H and O–H groups in total. The zero-order valence-electron chi connectivity index (χ0n) is 10.2. The SMILES string of the molecule is CC1(C(N)Cc2ccc(Cl)c(Cl)c2)CCCC1. The van der Waals surface area contributed by atoms with E-state index in [9.17, 15) is 0 Å². The van der Waals surface area contributed by atoms with Crippen molar-refractivity contribution in [2.75, 3.05) is 0 Å². The lowest BCUT2D eigenvalue weighted by Crippen LogP contribution is -2.39. The van der Waals surface area contributed by atoms with Crippen LogP contribution in [0, 0.1) is 5.41 Å². The van der Waals surface area contributed by atoms with Crippen molar-refractivity contribution in [2.45, 2.75) is 45.1 Å². The van der Waals surface area contributed by atoms with Crippen molar-refractivity contribution in [3.8, 4) is 0 Å². The molecular formula is C14H19Cl2N. The lowest BCUT2D eigenvalue weighted by Gasteiger charge is -2.31. The average Bonchev–Trinajstić information content (AvgIpc) is 2.72. The van der Waals surface area contributed by atoms with Gasteiger partial charge in [-0.1, -0.05) is 49.0 Å². The zero-order valence-corrected chi connectivity index (χ0v) is 11.7. The first-order chi connectivity index (χ1) is 8.01. The third-order valence-corrected chi connectivity index (χ3v) is 4.82. The van der Waals surface area contributed by atoms with Crippen molar-refractivity contribution in [1.82, 2.24) is 0 Å². The van der Waals surface area contributed by atoms with E-state index in [4.69, 9.17) is 28.9 Å². The second kappa shape index (κ2) is 5.17. The molecule has 1 nitrogen and oxygen atoms in total. The summed E-state index contributed by atoms with van der Waals surface area (Å²) < 4.78 is 0. The van der Waals surface area contributed by atoms with Gasteiger partial charge < -0.3 is 5.73 Å². The molecule has 1 saturated carbocycles.